The standard InChI is InChI=1S/C14H18ClN3S/c1-10(2)7-16-12-5-3-4-6-13(12)17-8-11-9-18-14(15)19-11/h3-6,9-10,16-17H,7-8H2,1-2H3. The molecule has 5 heteroatoms. The van der Waals surface area contributed by atoms with Gasteiger partial charge in [-0.1, -0.05) is 37.6 Å². The number of anilines is 2. The quantitative estimate of drug-likeness (QED) is 0.825. The first kappa shape index (κ1) is 14.2. The van der Waals surface area contributed by atoms with Crippen molar-refractivity contribution in [2.45, 2.75) is 20.4 Å². The fourth-order valence-corrected chi connectivity index (χ4v) is 2.57. The van der Waals surface area contributed by atoms with Crippen molar-refractivity contribution in [3.8, 4) is 0 Å². The Morgan fingerprint density at radius 2 is 1.89 bits per heavy atom. The minimum atomic E-state index is 0.586. The molecule has 0 unspecified atom stereocenters. The van der Waals surface area contributed by atoms with Crippen molar-refractivity contribution in [2.75, 3.05) is 17.2 Å². The Morgan fingerprint density at radius 1 is 1.21 bits per heavy atom. The van der Waals surface area contributed by atoms with Gasteiger partial charge in [0.05, 0.1) is 17.9 Å². The van der Waals surface area contributed by atoms with Crippen LogP contribution in [0.1, 0.15) is 18.7 Å². The second-order valence-electron chi connectivity index (χ2n) is 4.75. The third kappa shape index (κ3) is 4.40. The minimum Gasteiger partial charge on any atom is -0.383 e. The zero-order valence-electron chi connectivity index (χ0n) is 11.1. The molecule has 0 atom stereocenters. The van der Waals surface area contributed by atoms with E-state index in [1.807, 2.05) is 18.3 Å². The van der Waals surface area contributed by atoms with E-state index in [9.17, 15) is 0 Å². The Balaban J connectivity index is 1.99. The molecule has 3 nitrogen and oxygen atoms in total. The number of hydrogen-bond acceptors (Lipinski definition) is 4. The summed E-state index contributed by atoms with van der Waals surface area (Å²) in [6.07, 6.45) is 1.81. The topological polar surface area (TPSA) is 37.0 Å². The Bertz CT molecular complexity index is 525. The van der Waals surface area contributed by atoms with Gasteiger partial charge in [-0.3, -0.25) is 0 Å². The number of halogens is 1. The van der Waals surface area contributed by atoms with E-state index in [4.69, 9.17) is 11.6 Å². The lowest BCUT2D eigenvalue weighted by atomic mass is 10.2. The van der Waals surface area contributed by atoms with E-state index >= 15 is 0 Å². The lowest BCUT2D eigenvalue weighted by molar-refractivity contribution is 0.689. The number of benzene rings is 1. The van der Waals surface area contributed by atoms with Gasteiger partial charge in [0, 0.05) is 17.6 Å². The molecule has 0 bridgehead atoms. The fraction of sp³-hybridized carbons (Fsp3) is 0.357. The molecule has 0 radical (unpaired) electrons. The predicted octanol–water partition coefficient (Wildman–Crippen LogP) is 4.48. The highest BCUT2D eigenvalue weighted by molar-refractivity contribution is 7.15. The summed E-state index contributed by atoms with van der Waals surface area (Å²) in [5, 5.41) is 6.87. The largest absolute Gasteiger partial charge is 0.383 e. The van der Waals surface area contributed by atoms with Gasteiger partial charge in [-0.25, -0.2) is 4.98 Å². The molecule has 0 spiro atoms. The number of hydrogen-bond donors (Lipinski definition) is 2. The van der Waals surface area contributed by atoms with Crippen molar-refractivity contribution < 1.29 is 0 Å². The van der Waals surface area contributed by atoms with Gasteiger partial charge in [0.25, 0.3) is 0 Å². The van der Waals surface area contributed by atoms with Crippen molar-refractivity contribution in [3.63, 3.8) is 0 Å². The van der Waals surface area contributed by atoms with E-state index in [1.165, 1.54) is 11.3 Å². The van der Waals surface area contributed by atoms with Crippen LogP contribution in [0.5, 0.6) is 0 Å². The number of aromatic nitrogens is 1. The number of para-hydroxylation sites is 2. The zero-order chi connectivity index (χ0) is 13.7. The van der Waals surface area contributed by atoms with Crippen LogP contribution in [0.25, 0.3) is 0 Å². The summed E-state index contributed by atoms with van der Waals surface area (Å²) in [4.78, 5) is 5.17. The first-order valence-electron chi connectivity index (χ1n) is 6.32. The molecule has 0 saturated carbocycles. The van der Waals surface area contributed by atoms with Gasteiger partial charge < -0.3 is 10.6 Å². The predicted molar refractivity (Wildman–Crippen MR) is 84.2 cm³/mol. The molecule has 0 aliphatic carbocycles. The van der Waals surface area contributed by atoms with Crippen LogP contribution < -0.4 is 10.6 Å². The third-order valence-electron chi connectivity index (χ3n) is 2.61. The molecule has 0 aliphatic heterocycles. The number of nitrogens with zero attached hydrogens (tertiary/aromatic N) is 1. The zero-order valence-corrected chi connectivity index (χ0v) is 12.7. The summed E-state index contributed by atoms with van der Waals surface area (Å²) in [7, 11) is 0. The second-order valence-corrected chi connectivity index (χ2v) is 6.45. The molecule has 0 fully saturated rings. The molecular weight excluding hydrogens is 278 g/mol. The molecule has 0 aliphatic rings. The first-order valence-corrected chi connectivity index (χ1v) is 7.51. The normalized spacial score (nSPS) is 10.7. The molecule has 102 valence electrons. The van der Waals surface area contributed by atoms with Crippen molar-refractivity contribution >= 4 is 34.3 Å². The molecule has 2 aromatic rings. The van der Waals surface area contributed by atoms with Crippen molar-refractivity contribution in [1.29, 1.82) is 0 Å². The molecule has 19 heavy (non-hydrogen) atoms. The van der Waals surface area contributed by atoms with Crippen molar-refractivity contribution in [2.24, 2.45) is 5.92 Å². The van der Waals surface area contributed by atoms with Gasteiger partial charge in [0.2, 0.25) is 0 Å². The van der Waals surface area contributed by atoms with Gasteiger partial charge in [0.15, 0.2) is 4.47 Å². The van der Waals surface area contributed by atoms with E-state index in [-0.39, 0.29) is 0 Å². The van der Waals surface area contributed by atoms with Crippen molar-refractivity contribution in [1.82, 2.24) is 4.98 Å². The lowest BCUT2D eigenvalue weighted by Gasteiger charge is -2.14. The Labute approximate surface area is 123 Å². The van der Waals surface area contributed by atoms with Gasteiger partial charge in [-0.15, -0.1) is 11.3 Å². The average molecular weight is 296 g/mol. The summed E-state index contributed by atoms with van der Waals surface area (Å²) in [5.41, 5.74) is 2.24. The van der Waals surface area contributed by atoms with E-state index < -0.39 is 0 Å². The van der Waals surface area contributed by atoms with E-state index in [0.717, 1.165) is 29.3 Å². The van der Waals surface area contributed by atoms with Crippen LogP contribution in [0.2, 0.25) is 4.47 Å². The molecule has 0 saturated heterocycles. The van der Waals surface area contributed by atoms with Gasteiger partial charge in [0.1, 0.15) is 0 Å². The van der Waals surface area contributed by atoms with E-state index in [0.29, 0.717) is 10.4 Å². The fourth-order valence-electron chi connectivity index (χ4n) is 1.65. The highest BCUT2D eigenvalue weighted by Crippen LogP contribution is 2.24. The highest BCUT2D eigenvalue weighted by Gasteiger charge is 2.04. The lowest BCUT2D eigenvalue weighted by Crippen LogP contribution is -2.10. The Kier molecular flexibility index (Phi) is 5.05. The maximum absolute atomic E-state index is 5.83. The number of nitrogens with one attached hydrogen (secondary N) is 2. The molecule has 0 amide bonds. The monoisotopic (exact) mass is 295 g/mol. The van der Waals surface area contributed by atoms with E-state index in [2.05, 4.69) is 41.6 Å². The SMILES string of the molecule is CC(C)CNc1ccccc1NCc1cnc(Cl)s1. The maximum Gasteiger partial charge on any atom is 0.183 e. The highest BCUT2D eigenvalue weighted by atomic mass is 35.5. The molecule has 1 heterocycles. The van der Waals surface area contributed by atoms with Crippen LogP contribution in [0.15, 0.2) is 30.5 Å². The minimum absolute atomic E-state index is 0.586. The van der Waals surface area contributed by atoms with Crippen LogP contribution in [0, 0.1) is 5.92 Å². The summed E-state index contributed by atoms with van der Waals surface area (Å²) in [6, 6.07) is 8.23. The molecule has 2 N–H and O–H groups in total. The molecule has 1 aromatic heterocycles. The first-order chi connectivity index (χ1) is 9.15. The van der Waals surface area contributed by atoms with Crippen LogP contribution in [-0.2, 0) is 6.54 Å². The van der Waals surface area contributed by atoms with Crippen molar-refractivity contribution in [3.05, 3.63) is 39.8 Å². The Morgan fingerprint density at radius 3 is 2.47 bits per heavy atom. The van der Waals surface area contributed by atoms with Gasteiger partial charge in [-0.2, -0.15) is 0 Å². The third-order valence-corrected chi connectivity index (χ3v) is 3.72. The van der Waals surface area contributed by atoms with Crippen LogP contribution in [0.3, 0.4) is 0 Å². The summed E-state index contributed by atoms with van der Waals surface area (Å²) >= 11 is 7.33. The van der Waals surface area contributed by atoms with Gasteiger partial charge >= 0.3 is 0 Å². The summed E-state index contributed by atoms with van der Waals surface area (Å²) in [5.74, 6) is 0.619. The van der Waals surface area contributed by atoms with E-state index in [1.54, 1.807) is 0 Å². The smallest absolute Gasteiger partial charge is 0.183 e. The average Bonchev–Trinajstić information content (AvgIpc) is 2.80. The number of thiazole rings is 1. The Hall–Kier alpha value is -1.26. The maximum atomic E-state index is 5.83. The van der Waals surface area contributed by atoms with Crippen LogP contribution >= 0.6 is 22.9 Å². The van der Waals surface area contributed by atoms with Crippen LogP contribution in [-0.4, -0.2) is 11.5 Å². The molecule has 1 aromatic carbocycles. The van der Waals surface area contributed by atoms with Crippen LogP contribution in [0.4, 0.5) is 11.4 Å². The van der Waals surface area contributed by atoms with Gasteiger partial charge in [-0.05, 0) is 18.1 Å². The molecule has 2 rings (SSSR count). The summed E-state index contributed by atoms with van der Waals surface area (Å²) in [6.45, 7) is 6.10. The number of rotatable bonds is 6. The summed E-state index contributed by atoms with van der Waals surface area (Å²) < 4.78 is 0.586. The molecular formula is C14H18ClN3S. The second kappa shape index (κ2) is 6.78.